The predicted octanol–water partition coefficient (Wildman–Crippen LogP) is 6.31. The van der Waals surface area contributed by atoms with Gasteiger partial charge in [0, 0.05) is 95.0 Å². The quantitative estimate of drug-likeness (QED) is 0.0599. The van der Waals surface area contributed by atoms with E-state index < -0.39 is 0 Å². The van der Waals surface area contributed by atoms with E-state index in [1.165, 1.54) is 17.8 Å². The molecule has 0 bridgehead atoms. The Kier molecular flexibility index (Phi) is 12.7. The van der Waals surface area contributed by atoms with Crippen LogP contribution in [0.2, 0.25) is 0 Å². The first-order valence-electron chi connectivity index (χ1n) is 22.0. The zero-order chi connectivity index (χ0) is 42.3. The molecule has 2 aromatic heterocycles. The Morgan fingerprint density at radius 2 is 1.00 bits per heavy atom. The first-order chi connectivity index (χ1) is 30.5. The van der Waals surface area contributed by atoms with E-state index in [1.54, 1.807) is 18.5 Å². The fraction of sp³-hybridized carbons (Fsp3) is 0.435. The van der Waals surface area contributed by atoms with Gasteiger partial charge in [-0.25, -0.2) is 9.97 Å². The number of imidazole rings is 2. The van der Waals surface area contributed by atoms with Crippen molar-refractivity contribution in [2.75, 3.05) is 107 Å². The van der Waals surface area contributed by atoms with E-state index >= 15 is 0 Å². The maximum atomic E-state index is 11.3. The van der Waals surface area contributed by atoms with E-state index in [9.17, 15) is 10.1 Å². The summed E-state index contributed by atoms with van der Waals surface area (Å²) in [5.74, 6) is 3.39. The van der Waals surface area contributed by atoms with Crippen LogP contribution in [0.1, 0.15) is 25.7 Å². The van der Waals surface area contributed by atoms with Crippen LogP contribution in [0.25, 0.3) is 22.1 Å². The molecule has 0 radical (unpaired) electrons. The number of rotatable bonds is 13. The highest BCUT2D eigenvalue weighted by atomic mass is 16.6. The molecule has 0 spiro atoms. The third-order valence-corrected chi connectivity index (χ3v) is 12.3. The maximum Gasteiger partial charge on any atom is 0.295 e. The van der Waals surface area contributed by atoms with Gasteiger partial charge in [-0.05, 0) is 81.2 Å². The lowest BCUT2D eigenvalue weighted by Crippen LogP contribution is -2.46. The van der Waals surface area contributed by atoms with Crippen LogP contribution in [0, 0.1) is 10.1 Å². The minimum atomic E-state index is -0.332. The monoisotopic (exact) mass is 844 g/mol. The number of nitro groups is 1. The van der Waals surface area contributed by atoms with Crippen molar-refractivity contribution in [3.63, 3.8) is 0 Å². The summed E-state index contributed by atoms with van der Waals surface area (Å²) < 4.78 is 26.8. The molecule has 6 heterocycles. The summed E-state index contributed by atoms with van der Waals surface area (Å²) >= 11 is 0. The SMILES string of the molecule is Nc1cccc2ncn(CCCCN3CCN(c4ccc5c(c4)OCCO5)CC3)c12.O=[N+]([O-])c1cccc2ncn(CCCCN3CCN(c4ccc5c(c4)OCCO5)CC3)c12. The number of aromatic nitrogens is 4. The molecule has 2 fully saturated rings. The third-order valence-electron chi connectivity index (χ3n) is 12.3. The van der Waals surface area contributed by atoms with Crippen LogP contribution in [-0.2, 0) is 13.1 Å². The Labute approximate surface area is 361 Å². The number of nitrogens with zero attached hydrogens (tertiary/aromatic N) is 9. The van der Waals surface area contributed by atoms with Gasteiger partial charge in [-0.1, -0.05) is 12.1 Å². The van der Waals surface area contributed by atoms with Crippen molar-refractivity contribution in [2.24, 2.45) is 0 Å². The first kappa shape index (κ1) is 41.1. The van der Waals surface area contributed by atoms with Crippen molar-refractivity contribution in [3.8, 4) is 23.0 Å². The number of nitro benzene ring substituents is 1. The van der Waals surface area contributed by atoms with Gasteiger partial charge in [-0.15, -0.1) is 0 Å². The standard InChI is InChI=1S/C23H27N5O4.C23H29N5O2/c29-28(30)20-5-3-4-19-23(20)27(17-24-19)9-2-1-8-25-10-12-26(13-11-25)18-6-7-21-22(16-18)32-15-14-31-21;24-19-4-3-5-20-23(19)28(17-25-20)9-2-1-8-26-10-12-27(13-11-26)18-6-7-21-22(16-18)30-15-14-29-21/h3-7,16-17H,1-2,8-15H2;3-7,16-17H,1-2,8-15,24H2. The molecule has 62 heavy (non-hydrogen) atoms. The second-order valence-electron chi connectivity index (χ2n) is 16.2. The molecule has 16 heteroatoms. The number of aryl methyl sites for hydroxylation is 2. The number of para-hydroxylation sites is 2. The number of non-ortho nitro benzene ring substituents is 1. The number of ether oxygens (including phenoxy) is 4. The van der Waals surface area contributed by atoms with Crippen molar-refractivity contribution >= 4 is 44.8 Å². The van der Waals surface area contributed by atoms with E-state index in [1.807, 2.05) is 47.3 Å². The van der Waals surface area contributed by atoms with Gasteiger partial charge in [0.25, 0.3) is 5.69 Å². The average molecular weight is 845 g/mol. The Balaban J connectivity index is 0.000000158. The van der Waals surface area contributed by atoms with Crippen molar-refractivity contribution < 1.29 is 23.9 Å². The molecular formula is C46H56N10O6. The topological polar surface area (TPSA) is 155 Å². The Bertz CT molecular complexity index is 2460. The number of unbranched alkanes of at least 4 members (excludes halogenated alkanes) is 2. The Morgan fingerprint density at radius 3 is 1.52 bits per heavy atom. The number of nitrogen functional groups attached to an aromatic ring is 1. The lowest BCUT2D eigenvalue weighted by Gasteiger charge is -2.36. The Morgan fingerprint density at radius 1 is 0.548 bits per heavy atom. The summed E-state index contributed by atoms with van der Waals surface area (Å²) in [7, 11) is 0. The highest BCUT2D eigenvalue weighted by Gasteiger charge is 2.22. The van der Waals surface area contributed by atoms with E-state index in [-0.39, 0.29) is 10.6 Å². The van der Waals surface area contributed by atoms with Crippen LogP contribution in [0.15, 0.2) is 85.5 Å². The molecule has 0 saturated carbocycles. The van der Waals surface area contributed by atoms with Gasteiger partial charge >= 0.3 is 0 Å². The fourth-order valence-electron chi connectivity index (χ4n) is 8.90. The molecule has 0 unspecified atom stereocenters. The molecule has 16 nitrogen and oxygen atoms in total. The molecular weight excluding hydrogens is 789 g/mol. The summed E-state index contributed by atoms with van der Waals surface area (Å²) in [5.41, 5.74) is 12.8. The molecule has 0 atom stereocenters. The van der Waals surface area contributed by atoms with E-state index in [0.717, 1.165) is 138 Å². The van der Waals surface area contributed by atoms with E-state index in [2.05, 4.69) is 58.4 Å². The van der Waals surface area contributed by atoms with E-state index in [4.69, 9.17) is 24.7 Å². The lowest BCUT2D eigenvalue weighted by atomic mass is 10.2. The van der Waals surface area contributed by atoms with Crippen LogP contribution in [-0.4, -0.2) is 126 Å². The number of benzene rings is 4. The summed E-state index contributed by atoms with van der Waals surface area (Å²) in [6.07, 6.45) is 7.93. The van der Waals surface area contributed by atoms with Crippen molar-refractivity contribution in [1.82, 2.24) is 28.9 Å². The zero-order valence-corrected chi connectivity index (χ0v) is 35.3. The largest absolute Gasteiger partial charge is 0.486 e. The van der Waals surface area contributed by atoms with Crippen molar-refractivity contribution in [2.45, 2.75) is 38.8 Å². The van der Waals surface area contributed by atoms with Gasteiger partial charge in [-0.3, -0.25) is 19.9 Å². The number of piperazine rings is 2. The molecule has 0 aliphatic carbocycles. The third kappa shape index (κ3) is 9.45. The van der Waals surface area contributed by atoms with Gasteiger partial charge in [0.2, 0.25) is 0 Å². The molecule has 326 valence electrons. The second kappa shape index (κ2) is 19.2. The normalized spacial score (nSPS) is 16.6. The number of hydrogen-bond donors (Lipinski definition) is 1. The number of nitrogens with two attached hydrogens (primary N) is 1. The van der Waals surface area contributed by atoms with Gasteiger partial charge in [0.1, 0.15) is 31.9 Å². The summed E-state index contributed by atoms with van der Waals surface area (Å²) in [6, 6.07) is 23.4. The summed E-state index contributed by atoms with van der Waals surface area (Å²) in [5, 5.41) is 11.3. The lowest BCUT2D eigenvalue weighted by molar-refractivity contribution is -0.383. The van der Waals surface area contributed by atoms with Crippen LogP contribution in [0.5, 0.6) is 23.0 Å². The number of hydrogen-bond acceptors (Lipinski definition) is 13. The van der Waals surface area contributed by atoms with Gasteiger partial charge in [0.05, 0.1) is 39.8 Å². The molecule has 4 aromatic carbocycles. The Hall–Kier alpha value is -6.26. The summed E-state index contributed by atoms with van der Waals surface area (Å²) in [4.78, 5) is 29.7. The van der Waals surface area contributed by atoms with Gasteiger partial charge < -0.3 is 43.6 Å². The van der Waals surface area contributed by atoms with E-state index in [0.29, 0.717) is 37.5 Å². The number of anilines is 3. The molecule has 6 aromatic rings. The first-order valence-corrected chi connectivity index (χ1v) is 22.0. The molecule has 0 amide bonds. The predicted molar refractivity (Wildman–Crippen MR) is 241 cm³/mol. The van der Waals surface area contributed by atoms with Gasteiger partial charge in [0.15, 0.2) is 23.0 Å². The van der Waals surface area contributed by atoms with Crippen LogP contribution >= 0.6 is 0 Å². The van der Waals surface area contributed by atoms with Crippen LogP contribution < -0.4 is 34.5 Å². The van der Waals surface area contributed by atoms with Crippen molar-refractivity contribution in [3.05, 3.63) is 95.6 Å². The number of fused-ring (bicyclic) bond motifs is 4. The highest BCUT2D eigenvalue weighted by molar-refractivity contribution is 5.87. The zero-order valence-electron chi connectivity index (χ0n) is 35.3. The fourth-order valence-corrected chi connectivity index (χ4v) is 8.90. The molecule has 10 rings (SSSR count). The van der Waals surface area contributed by atoms with Gasteiger partial charge in [-0.2, -0.15) is 0 Å². The molecule has 2 N–H and O–H groups in total. The average Bonchev–Trinajstić information content (AvgIpc) is 3.94. The maximum absolute atomic E-state index is 11.3. The minimum Gasteiger partial charge on any atom is -0.486 e. The molecule has 2 saturated heterocycles. The summed E-state index contributed by atoms with van der Waals surface area (Å²) in [6.45, 7) is 14.6. The highest BCUT2D eigenvalue weighted by Crippen LogP contribution is 2.36. The second-order valence-corrected chi connectivity index (χ2v) is 16.2. The van der Waals surface area contributed by atoms with Crippen LogP contribution in [0.4, 0.5) is 22.7 Å². The van der Waals surface area contributed by atoms with Crippen molar-refractivity contribution in [1.29, 1.82) is 0 Å². The smallest absolute Gasteiger partial charge is 0.295 e. The minimum absolute atomic E-state index is 0.121. The van der Waals surface area contributed by atoms with Crippen LogP contribution in [0.3, 0.4) is 0 Å². The molecule has 4 aliphatic rings. The molecule has 4 aliphatic heterocycles.